The van der Waals surface area contributed by atoms with Gasteiger partial charge in [0, 0.05) is 11.1 Å². The molecule has 5 rings (SSSR count). The van der Waals surface area contributed by atoms with E-state index in [4.69, 9.17) is 0 Å². The van der Waals surface area contributed by atoms with E-state index < -0.39 is 8.07 Å². The minimum atomic E-state index is -1.81. The largest absolute Gasteiger partial charge is 0.0722 e. The predicted molar refractivity (Wildman–Crippen MR) is 166 cm³/mol. The van der Waals surface area contributed by atoms with Crippen LogP contribution in [0, 0.1) is 0 Å². The van der Waals surface area contributed by atoms with Crippen LogP contribution in [0.15, 0.2) is 71.8 Å². The summed E-state index contributed by atoms with van der Waals surface area (Å²) in [5.41, 5.74) is 15.9. The van der Waals surface area contributed by atoms with E-state index >= 15 is 0 Å². The number of fused-ring (bicyclic) bond motifs is 2. The van der Waals surface area contributed by atoms with Gasteiger partial charge in [-0.2, -0.15) is 0 Å². The van der Waals surface area contributed by atoms with Gasteiger partial charge in [0.2, 0.25) is 0 Å². The molecular formula is C36H44Si. The Kier molecular flexibility index (Phi) is 6.11. The van der Waals surface area contributed by atoms with E-state index in [-0.39, 0.29) is 10.8 Å². The quantitative estimate of drug-likeness (QED) is 0.311. The van der Waals surface area contributed by atoms with Crippen molar-refractivity contribution in [1.29, 1.82) is 0 Å². The molecule has 0 N–H and O–H groups in total. The second-order valence-electron chi connectivity index (χ2n) is 14.2. The summed E-state index contributed by atoms with van der Waals surface area (Å²) in [6, 6.07) is 23.5. The van der Waals surface area contributed by atoms with Crippen LogP contribution in [-0.2, 0) is 10.8 Å². The van der Waals surface area contributed by atoms with Crippen LogP contribution in [0.25, 0.3) is 23.3 Å². The molecule has 2 aliphatic carbocycles. The van der Waals surface area contributed by atoms with Crippen molar-refractivity contribution in [3.8, 4) is 11.1 Å². The van der Waals surface area contributed by atoms with Crippen molar-refractivity contribution >= 4 is 20.2 Å². The lowest BCUT2D eigenvalue weighted by atomic mass is 9.78. The average molecular weight is 505 g/mol. The molecule has 0 aromatic heterocycles. The molecule has 0 bridgehead atoms. The van der Waals surface area contributed by atoms with Crippen LogP contribution >= 0.6 is 0 Å². The average Bonchev–Trinajstić information content (AvgIpc) is 3.33. The lowest BCUT2D eigenvalue weighted by molar-refractivity contribution is 0.569. The minimum Gasteiger partial charge on any atom is -0.0679 e. The monoisotopic (exact) mass is 504 g/mol. The van der Waals surface area contributed by atoms with Crippen LogP contribution in [0.2, 0.25) is 13.1 Å². The molecule has 0 saturated carbocycles. The highest BCUT2D eigenvalue weighted by Crippen LogP contribution is 2.53. The molecule has 3 aromatic carbocycles. The van der Waals surface area contributed by atoms with Crippen molar-refractivity contribution in [3.63, 3.8) is 0 Å². The first-order valence-electron chi connectivity index (χ1n) is 13.9. The van der Waals surface area contributed by atoms with Gasteiger partial charge in [-0.05, 0) is 69.2 Å². The van der Waals surface area contributed by atoms with E-state index in [0.717, 1.165) is 0 Å². The molecule has 1 heteroatoms. The van der Waals surface area contributed by atoms with Crippen molar-refractivity contribution < 1.29 is 0 Å². The Morgan fingerprint density at radius 1 is 0.622 bits per heavy atom. The van der Waals surface area contributed by atoms with E-state index in [9.17, 15) is 0 Å². The first kappa shape index (κ1) is 26.0. The Morgan fingerprint density at radius 2 is 1.16 bits per heavy atom. The van der Waals surface area contributed by atoms with E-state index in [2.05, 4.69) is 141 Å². The van der Waals surface area contributed by atoms with Crippen LogP contribution in [0.1, 0.15) is 99.9 Å². The number of hydrogen-bond donors (Lipinski definition) is 0. The van der Waals surface area contributed by atoms with E-state index in [1.54, 1.807) is 22.3 Å². The summed E-state index contributed by atoms with van der Waals surface area (Å²) in [5.74, 6) is 0. The van der Waals surface area contributed by atoms with Gasteiger partial charge in [0.15, 0.2) is 0 Å². The summed E-state index contributed by atoms with van der Waals surface area (Å²) in [6.45, 7) is 24.0. The Balaban J connectivity index is 1.65. The highest BCUT2D eigenvalue weighted by molar-refractivity contribution is 6.81. The summed E-state index contributed by atoms with van der Waals surface area (Å²) >= 11 is 0. The number of hydrogen-bond acceptors (Lipinski definition) is 0. The van der Waals surface area contributed by atoms with Crippen molar-refractivity contribution in [2.75, 3.05) is 0 Å². The normalized spacial score (nSPS) is 19.4. The molecule has 0 fully saturated rings. The second-order valence-corrected chi connectivity index (χ2v) is 19.0. The van der Waals surface area contributed by atoms with Gasteiger partial charge in [0.05, 0.1) is 8.07 Å². The maximum absolute atomic E-state index is 2.62. The molecular weight excluding hydrogens is 460 g/mol. The van der Waals surface area contributed by atoms with Crippen LogP contribution in [-0.4, -0.2) is 8.07 Å². The van der Waals surface area contributed by atoms with E-state index in [1.807, 2.05) is 0 Å². The van der Waals surface area contributed by atoms with Gasteiger partial charge in [0.1, 0.15) is 0 Å². The van der Waals surface area contributed by atoms with Crippen LogP contribution in [0.4, 0.5) is 0 Å². The number of rotatable bonds is 3. The molecule has 2 unspecified atom stereocenters. The molecule has 0 nitrogen and oxygen atoms in total. The van der Waals surface area contributed by atoms with Crippen molar-refractivity contribution in [2.24, 2.45) is 0 Å². The van der Waals surface area contributed by atoms with Gasteiger partial charge in [-0.15, -0.1) is 0 Å². The lowest BCUT2D eigenvalue weighted by Gasteiger charge is -2.39. The zero-order valence-electron chi connectivity index (χ0n) is 24.6. The predicted octanol–water partition coefficient (Wildman–Crippen LogP) is 10.4. The number of benzene rings is 3. The van der Waals surface area contributed by atoms with E-state index in [0.29, 0.717) is 11.1 Å². The molecule has 0 spiro atoms. The summed E-state index contributed by atoms with van der Waals surface area (Å²) in [7, 11) is -1.81. The molecule has 37 heavy (non-hydrogen) atoms. The summed E-state index contributed by atoms with van der Waals surface area (Å²) in [6.07, 6.45) is 4.95. The van der Waals surface area contributed by atoms with Gasteiger partial charge in [0.25, 0.3) is 0 Å². The number of allylic oxidation sites excluding steroid dienone is 2. The summed E-state index contributed by atoms with van der Waals surface area (Å²) in [4.78, 5) is 0. The van der Waals surface area contributed by atoms with Gasteiger partial charge in [-0.25, -0.2) is 0 Å². The molecule has 192 valence electrons. The molecule has 0 saturated heterocycles. The van der Waals surface area contributed by atoms with Gasteiger partial charge in [-0.3, -0.25) is 0 Å². The summed E-state index contributed by atoms with van der Waals surface area (Å²) < 4.78 is 0. The van der Waals surface area contributed by atoms with Crippen molar-refractivity contribution in [1.82, 2.24) is 0 Å². The summed E-state index contributed by atoms with van der Waals surface area (Å²) in [5, 5.41) is 0. The Hall–Kier alpha value is -2.64. The molecule has 2 atom stereocenters. The standard InChI is InChI=1S/C36H44Si/c1-23-18-25-14-11-12-15-30(25)33(23)37(9,10)34-24(2)19-32-29(16-13-17-31(32)34)26-20-27(35(3,4)5)22-28(21-26)36(6,7)8/h11-22,33-34H,1-10H3. The zero-order valence-corrected chi connectivity index (χ0v) is 25.6. The third kappa shape index (κ3) is 4.40. The Labute approximate surface area is 226 Å². The molecule has 0 aliphatic heterocycles. The smallest absolute Gasteiger partial charge is 0.0679 e. The molecule has 0 radical (unpaired) electrons. The van der Waals surface area contributed by atoms with Crippen LogP contribution in [0.3, 0.4) is 0 Å². The molecule has 2 aliphatic rings. The first-order valence-corrected chi connectivity index (χ1v) is 17.1. The van der Waals surface area contributed by atoms with Gasteiger partial charge >= 0.3 is 0 Å². The SMILES string of the molecule is CC1=Cc2ccccc2C1[Si](C)(C)C1C(C)=Cc2c(-c3cc(C(C)(C)C)cc(C(C)(C)C)c3)cccc21. The van der Waals surface area contributed by atoms with Crippen LogP contribution in [0.5, 0.6) is 0 Å². The fraction of sp³-hybridized carbons (Fsp3) is 0.389. The van der Waals surface area contributed by atoms with E-state index in [1.165, 1.54) is 33.4 Å². The maximum atomic E-state index is 2.62. The zero-order chi connectivity index (χ0) is 26.9. The third-order valence-electron chi connectivity index (χ3n) is 8.89. The fourth-order valence-corrected chi connectivity index (χ4v) is 12.0. The van der Waals surface area contributed by atoms with Crippen molar-refractivity contribution in [3.05, 3.63) is 105 Å². The van der Waals surface area contributed by atoms with Crippen LogP contribution < -0.4 is 0 Å². The maximum Gasteiger partial charge on any atom is 0.0722 e. The fourth-order valence-electron chi connectivity index (χ4n) is 7.07. The Bertz CT molecular complexity index is 1400. The minimum absolute atomic E-state index is 0.108. The topological polar surface area (TPSA) is 0 Å². The second kappa shape index (κ2) is 8.70. The first-order chi connectivity index (χ1) is 17.2. The van der Waals surface area contributed by atoms with Gasteiger partial charge in [-0.1, -0.05) is 139 Å². The lowest BCUT2D eigenvalue weighted by Crippen LogP contribution is -2.42. The van der Waals surface area contributed by atoms with Gasteiger partial charge < -0.3 is 0 Å². The molecule has 3 aromatic rings. The highest BCUT2D eigenvalue weighted by Gasteiger charge is 2.46. The van der Waals surface area contributed by atoms with Crippen molar-refractivity contribution in [2.45, 2.75) is 90.4 Å². The molecule has 0 heterocycles. The Morgan fingerprint density at radius 3 is 1.78 bits per heavy atom. The third-order valence-corrected chi connectivity index (χ3v) is 13.4. The molecule has 0 amide bonds. The highest BCUT2D eigenvalue weighted by atomic mass is 28.3.